The van der Waals surface area contributed by atoms with Crippen LogP contribution in [0.5, 0.6) is 0 Å². The number of carbonyl (C=O) groups excluding carboxylic acids is 3. The molecule has 2 saturated heterocycles. The van der Waals surface area contributed by atoms with E-state index < -0.39 is 6.09 Å². The average molecular weight is 330 g/mol. The van der Waals surface area contributed by atoms with Crippen molar-refractivity contribution in [1.29, 1.82) is 0 Å². The summed E-state index contributed by atoms with van der Waals surface area (Å²) in [5, 5.41) is 0. The Morgan fingerprint density at radius 3 is 2.62 bits per heavy atom. The van der Waals surface area contributed by atoms with Crippen LogP contribution in [-0.4, -0.2) is 53.4 Å². The van der Waals surface area contributed by atoms with Gasteiger partial charge in [-0.25, -0.2) is 9.69 Å². The number of rotatable bonds is 4. The molecule has 2 heterocycles. The molecule has 0 atom stereocenters. The number of imide groups is 1. The summed E-state index contributed by atoms with van der Waals surface area (Å²) in [7, 11) is 0. The van der Waals surface area contributed by atoms with E-state index >= 15 is 0 Å². The second-order valence-electron chi connectivity index (χ2n) is 6.42. The minimum absolute atomic E-state index is 0.130. The quantitative estimate of drug-likeness (QED) is 0.846. The Labute approximate surface area is 141 Å². The van der Waals surface area contributed by atoms with Crippen LogP contribution in [0.2, 0.25) is 0 Å². The summed E-state index contributed by atoms with van der Waals surface area (Å²) < 4.78 is 4.76. The summed E-state index contributed by atoms with van der Waals surface area (Å²) in [4.78, 5) is 38.7. The molecule has 0 unspecified atom stereocenters. The van der Waals surface area contributed by atoms with Crippen LogP contribution >= 0.6 is 0 Å². The van der Waals surface area contributed by atoms with Crippen molar-refractivity contribution in [2.75, 3.05) is 19.7 Å². The first-order valence-electron chi connectivity index (χ1n) is 8.37. The van der Waals surface area contributed by atoms with Gasteiger partial charge in [0.2, 0.25) is 5.91 Å². The van der Waals surface area contributed by atoms with Gasteiger partial charge in [-0.15, -0.1) is 0 Å². The summed E-state index contributed by atoms with van der Waals surface area (Å²) in [6, 6.07) is 8.04. The lowest BCUT2D eigenvalue weighted by Crippen LogP contribution is -2.48. The SMILES string of the molecule is Cc1cccc(CCC(=O)N2CCC(N3C(=O)COC3=O)CC2)c1. The van der Waals surface area contributed by atoms with E-state index in [0.717, 1.165) is 6.42 Å². The van der Waals surface area contributed by atoms with Crippen LogP contribution in [0, 0.1) is 6.92 Å². The molecular weight excluding hydrogens is 308 g/mol. The van der Waals surface area contributed by atoms with E-state index in [-0.39, 0.29) is 24.5 Å². The second-order valence-corrected chi connectivity index (χ2v) is 6.42. The number of carbonyl (C=O) groups is 3. The van der Waals surface area contributed by atoms with E-state index in [4.69, 9.17) is 4.74 Å². The summed E-state index contributed by atoms with van der Waals surface area (Å²) in [6.07, 6.45) is 1.91. The zero-order valence-corrected chi connectivity index (χ0v) is 13.9. The highest BCUT2D eigenvalue weighted by atomic mass is 16.6. The van der Waals surface area contributed by atoms with Crippen molar-refractivity contribution in [3.8, 4) is 0 Å². The van der Waals surface area contributed by atoms with Crippen LogP contribution in [-0.2, 0) is 20.7 Å². The molecule has 2 aliphatic heterocycles. The van der Waals surface area contributed by atoms with Gasteiger partial charge in [-0.1, -0.05) is 29.8 Å². The van der Waals surface area contributed by atoms with Gasteiger partial charge in [0.15, 0.2) is 6.61 Å². The van der Waals surface area contributed by atoms with Gasteiger partial charge in [-0.2, -0.15) is 0 Å². The van der Waals surface area contributed by atoms with Crippen molar-refractivity contribution in [1.82, 2.24) is 9.80 Å². The first-order chi connectivity index (χ1) is 11.5. The molecule has 0 N–H and O–H groups in total. The Morgan fingerprint density at radius 1 is 1.25 bits per heavy atom. The summed E-state index contributed by atoms with van der Waals surface area (Å²) in [6.45, 7) is 3.04. The number of hydrogen-bond acceptors (Lipinski definition) is 4. The van der Waals surface area contributed by atoms with Crippen LogP contribution in [0.1, 0.15) is 30.4 Å². The number of aryl methyl sites for hydroxylation is 2. The fraction of sp³-hybridized carbons (Fsp3) is 0.500. The zero-order chi connectivity index (χ0) is 17.1. The Morgan fingerprint density at radius 2 is 2.00 bits per heavy atom. The molecule has 0 spiro atoms. The average Bonchev–Trinajstić information content (AvgIpc) is 2.92. The second kappa shape index (κ2) is 7.03. The number of hydrogen-bond donors (Lipinski definition) is 0. The van der Waals surface area contributed by atoms with Gasteiger partial charge in [-0.3, -0.25) is 9.59 Å². The van der Waals surface area contributed by atoms with Crippen molar-refractivity contribution in [3.63, 3.8) is 0 Å². The topological polar surface area (TPSA) is 66.9 Å². The Balaban J connectivity index is 1.48. The summed E-state index contributed by atoms with van der Waals surface area (Å²) in [5.74, 6) is -0.144. The van der Waals surface area contributed by atoms with E-state index in [0.29, 0.717) is 32.4 Å². The van der Waals surface area contributed by atoms with Crippen molar-refractivity contribution in [3.05, 3.63) is 35.4 Å². The molecule has 6 nitrogen and oxygen atoms in total. The lowest BCUT2D eigenvalue weighted by molar-refractivity contribution is -0.133. The van der Waals surface area contributed by atoms with Gasteiger partial charge in [0.1, 0.15) is 0 Å². The summed E-state index contributed by atoms with van der Waals surface area (Å²) in [5.41, 5.74) is 2.37. The minimum Gasteiger partial charge on any atom is -0.439 e. The molecule has 2 fully saturated rings. The molecule has 3 amide bonds. The number of ether oxygens (including phenoxy) is 1. The van der Waals surface area contributed by atoms with Crippen LogP contribution in [0.4, 0.5) is 4.79 Å². The molecule has 1 aromatic carbocycles. The van der Waals surface area contributed by atoms with E-state index in [1.165, 1.54) is 16.0 Å². The molecule has 0 bridgehead atoms. The highest BCUT2D eigenvalue weighted by Gasteiger charge is 2.38. The third-order valence-corrected chi connectivity index (χ3v) is 4.68. The number of amides is 3. The molecular formula is C18H22N2O4. The Kier molecular flexibility index (Phi) is 4.83. The standard InChI is InChI=1S/C18H22N2O4/c1-13-3-2-4-14(11-13)5-6-16(21)19-9-7-15(8-10-19)20-17(22)12-24-18(20)23/h2-4,11,15H,5-10,12H2,1H3. The highest BCUT2D eigenvalue weighted by Crippen LogP contribution is 2.21. The monoisotopic (exact) mass is 330 g/mol. The van der Waals surface area contributed by atoms with Gasteiger partial charge in [0.05, 0.1) is 0 Å². The van der Waals surface area contributed by atoms with Crippen molar-refractivity contribution < 1.29 is 19.1 Å². The van der Waals surface area contributed by atoms with Gasteiger partial charge in [-0.05, 0) is 31.7 Å². The number of likely N-dealkylation sites (tertiary alicyclic amines) is 1. The van der Waals surface area contributed by atoms with Crippen molar-refractivity contribution in [2.45, 2.75) is 38.6 Å². The van der Waals surface area contributed by atoms with Crippen LogP contribution in [0.25, 0.3) is 0 Å². The van der Waals surface area contributed by atoms with Crippen LogP contribution < -0.4 is 0 Å². The molecule has 0 aliphatic carbocycles. The number of benzene rings is 1. The largest absolute Gasteiger partial charge is 0.439 e. The molecule has 2 aliphatic rings. The van der Waals surface area contributed by atoms with Gasteiger partial charge >= 0.3 is 6.09 Å². The molecule has 1 aromatic rings. The predicted molar refractivity (Wildman–Crippen MR) is 87.3 cm³/mol. The lowest BCUT2D eigenvalue weighted by atomic mass is 10.0. The van der Waals surface area contributed by atoms with E-state index in [1.807, 2.05) is 30.0 Å². The lowest BCUT2D eigenvalue weighted by Gasteiger charge is -2.34. The fourth-order valence-corrected chi connectivity index (χ4v) is 3.37. The number of nitrogens with zero attached hydrogens (tertiary/aromatic N) is 2. The Bertz CT molecular complexity index is 634. The van der Waals surface area contributed by atoms with Gasteiger partial charge in [0, 0.05) is 25.6 Å². The molecule has 0 radical (unpaired) electrons. The van der Waals surface area contributed by atoms with Crippen LogP contribution in [0.3, 0.4) is 0 Å². The molecule has 0 saturated carbocycles. The number of cyclic esters (lactones) is 1. The molecule has 3 rings (SSSR count). The first kappa shape index (κ1) is 16.5. The first-order valence-corrected chi connectivity index (χ1v) is 8.37. The minimum atomic E-state index is -0.552. The number of piperidine rings is 1. The highest BCUT2D eigenvalue weighted by molar-refractivity contribution is 5.98. The van der Waals surface area contributed by atoms with Crippen LogP contribution in [0.15, 0.2) is 24.3 Å². The van der Waals surface area contributed by atoms with Gasteiger partial charge < -0.3 is 9.64 Å². The molecule has 6 heteroatoms. The van der Waals surface area contributed by atoms with E-state index in [1.54, 1.807) is 0 Å². The van der Waals surface area contributed by atoms with Crippen molar-refractivity contribution >= 4 is 17.9 Å². The van der Waals surface area contributed by atoms with E-state index in [9.17, 15) is 14.4 Å². The maximum Gasteiger partial charge on any atom is 0.417 e. The predicted octanol–water partition coefficient (Wildman–Crippen LogP) is 1.90. The maximum absolute atomic E-state index is 12.4. The smallest absolute Gasteiger partial charge is 0.417 e. The van der Waals surface area contributed by atoms with Gasteiger partial charge in [0.25, 0.3) is 5.91 Å². The normalized spacial score (nSPS) is 18.9. The third kappa shape index (κ3) is 3.58. The Hall–Kier alpha value is -2.37. The van der Waals surface area contributed by atoms with Crippen molar-refractivity contribution in [2.24, 2.45) is 0 Å². The third-order valence-electron chi connectivity index (χ3n) is 4.68. The van der Waals surface area contributed by atoms with E-state index in [2.05, 4.69) is 6.07 Å². The summed E-state index contributed by atoms with van der Waals surface area (Å²) >= 11 is 0. The molecule has 0 aromatic heterocycles. The molecule has 24 heavy (non-hydrogen) atoms. The fourth-order valence-electron chi connectivity index (χ4n) is 3.37. The maximum atomic E-state index is 12.4. The zero-order valence-electron chi connectivity index (χ0n) is 13.9. The molecule has 128 valence electrons.